The molecule has 0 aromatic heterocycles. The lowest BCUT2D eigenvalue weighted by atomic mass is 9.93. The Kier molecular flexibility index (Phi) is 5.72. The number of sulfonamides is 1. The summed E-state index contributed by atoms with van der Waals surface area (Å²) in [5.74, 6) is 0.00230. The van der Waals surface area contributed by atoms with Crippen molar-refractivity contribution >= 4 is 27.6 Å². The largest absolute Gasteiger partial charge is 0.338 e. The van der Waals surface area contributed by atoms with Gasteiger partial charge < -0.3 is 10.6 Å². The highest BCUT2D eigenvalue weighted by Crippen LogP contribution is 2.32. The van der Waals surface area contributed by atoms with Crippen LogP contribution in [-0.2, 0) is 14.8 Å². The number of carbonyl (C=O) groups excluding carboxylic acids is 2. The molecule has 138 valence electrons. The molecule has 25 heavy (non-hydrogen) atoms. The van der Waals surface area contributed by atoms with Gasteiger partial charge in [-0.3, -0.25) is 4.79 Å². The quantitative estimate of drug-likeness (QED) is 0.744. The van der Waals surface area contributed by atoms with Gasteiger partial charge in [0.05, 0.1) is 0 Å². The minimum absolute atomic E-state index is 0.140. The smallest absolute Gasteiger partial charge is 0.332 e. The fourth-order valence-corrected chi connectivity index (χ4v) is 4.02. The molecule has 1 aromatic carbocycles. The molecule has 0 radical (unpaired) electrons. The van der Waals surface area contributed by atoms with E-state index in [2.05, 4.69) is 10.6 Å². The van der Waals surface area contributed by atoms with E-state index in [0.29, 0.717) is 5.69 Å². The van der Waals surface area contributed by atoms with Gasteiger partial charge in [-0.2, -0.15) is 0 Å². The first-order chi connectivity index (χ1) is 11.6. The van der Waals surface area contributed by atoms with Gasteiger partial charge in [0.25, 0.3) is 10.0 Å². The lowest BCUT2D eigenvalue weighted by Gasteiger charge is -2.21. The topological polar surface area (TPSA) is 104 Å². The maximum absolute atomic E-state index is 12.3. The third-order valence-corrected chi connectivity index (χ3v) is 5.75. The van der Waals surface area contributed by atoms with Crippen LogP contribution < -0.4 is 15.4 Å². The van der Waals surface area contributed by atoms with Crippen molar-refractivity contribution in [2.75, 3.05) is 5.32 Å². The minimum Gasteiger partial charge on any atom is -0.338 e. The number of amides is 3. The average molecular weight is 367 g/mol. The molecule has 0 bridgehead atoms. The molecule has 7 nitrogen and oxygen atoms in total. The standard InChI is InChI=1S/C17H25N3O4S/c1-10(2)12-6-5-7-13(11(3)4)16(12)19-17(22)20-25(23,24)15-9-8-14(21)18-15/h5-7,10-11,15H,8-9H2,1-4H3,(H,18,21)(H2,19,20,22). The van der Waals surface area contributed by atoms with Crippen LogP contribution in [0.3, 0.4) is 0 Å². The summed E-state index contributed by atoms with van der Waals surface area (Å²) in [5, 5.41) is 3.97. The molecule has 1 aromatic rings. The molecular weight excluding hydrogens is 342 g/mol. The molecule has 3 N–H and O–H groups in total. The van der Waals surface area contributed by atoms with Crippen molar-refractivity contribution < 1.29 is 18.0 Å². The molecule has 1 aliphatic rings. The predicted molar refractivity (Wildman–Crippen MR) is 96.9 cm³/mol. The van der Waals surface area contributed by atoms with E-state index in [1.54, 1.807) is 0 Å². The van der Waals surface area contributed by atoms with Crippen molar-refractivity contribution in [3.63, 3.8) is 0 Å². The second kappa shape index (κ2) is 7.43. The van der Waals surface area contributed by atoms with Crippen LogP contribution >= 0.6 is 0 Å². The van der Waals surface area contributed by atoms with Gasteiger partial charge in [-0.1, -0.05) is 45.9 Å². The zero-order valence-electron chi connectivity index (χ0n) is 14.9. The Labute approximate surface area is 148 Å². The monoisotopic (exact) mass is 367 g/mol. The molecule has 1 aliphatic heterocycles. The Morgan fingerprint density at radius 2 is 1.72 bits per heavy atom. The molecule has 1 heterocycles. The lowest BCUT2D eigenvalue weighted by Crippen LogP contribution is -2.45. The molecule has 8 heteroatoms. The van der Waals surface area contributed by atoms with E-state index >= 15 is 0 Å². The van der Waals surface area contributed by atoms with Gasteiger partial charge in [0.1, 0.15) is 0 Å². The van der Waals surface area contributed by atoms with Crippen molar-refractivity contribution in [3.05, 3.63) is 29.3 Å². The first-order valence-corrected chi connectivity index (χ1v) is 9.91. The third-order valence-electron chi connectivity index (χ3n) is 4.18. The Morgan fingerprint density at radius 3 is 2.16 bits per heavy atom. The maximum Gasteiger partial charge on any atom is 0.332 e. The van der Waals surface area contributed by atoms with Crippen LogP contribution in [0.5, 0.6) is 0 Å². The van der Waals surface area contributed by atoms with E-state index in [9.17, 15) is 18.0 Å². The summed E-state index contributed by atoms with van der Waals surface area (Å²) in [6, 6.07) is 4.94. The van der Waals surface area contributed by atoms with Gasteiger partial charge in [-0.15, -0.1) is 0 Å². The Hall–Kier alpha value is -2.09. The summed E-state index contributed by atoms with van der Waals surface area (Å²) in [7, 11) is -3.97. The number of hydrogen-bond acceptors (Lipinski definition) is 4. The molecule has 2 rings (SSSR count). The van der Waals surface area contributed by atoms with Crippen molar-refractivity contribution in [2.45, 2.75) is 57.7 Å². The molecule has 0 aliphatic carbocycles. The molecule has 1 saturated heterocycles. The molecule has 1 fully saturated rings. The molecule has 1 atom stereocenters. The maximum atomic E-state index is 12.3. The molecule has 3 amide bonds. The minimum atomic E-state index is -3.97. The summed E-state index contributed by atoms with van der Waals surface area (Å²) >= 11 is 0. The Balaban J connectivity index is 2.21. The number of anilines is 1. The van der Waals surface area contributed by atoms with E-state index in [1.807, 2.05) is 50.6 Å². The van der Waals surface area contributed by atoms with Crippen molar-refractivity contribution in [1.82, 2.24) is 10.0 Å². The zero-order chi connectivity index (χ0) is 18.8. The van der Waals surface area contributed by atoms with Gasteiger partial charge in [0.15, 0.2) is 5.37 Å². The van der Waals surface area contributed by atoms with Crippen molar-refractivity contribution in [1.29, 1.82) is 0 Å². The Bertz CT molecular complexity index is 746. The van der Waals surface area contributed by atoms with Gasteiger partial charge in [-0.05, 0) is 29.4 Å². The van der Waals surface area contributed by atoms with E-state index < -0.39 is 21.4 Å². The van der Waals surface area contributed by atoms with Gasteiger partial charge in [-0.25, -0.2) is 17.9 Å². The predicted octanol–water partition coefficient (Wildman–Crippen LogP) is 2.62. The van der Waals surface area contributed by atoms with E-state index in [-0.39, 0.29) is 30.6 Å². The van der Waals surface area contributed by atoms with Crippen molar-refractivity contribution in [3.8, 4) is 0 Å². The Morgan fingerprint density at radius 1 is 1.16 bits per heavy atom. The van der Waals surface area contributed by atoms with Crippen molar-refractivity contribution in [2.24, 2.45) is 0 Å². The number of benzene rings is 1. The number of urea groups is 1. The van der Waals surface area contributed by atoms with Crippen LogP contribution in [-0.4, -0.2) is 25.7 Å². The second-order valence-corrected chi connectivity index (χ2v) is 8.68. The number of carbonyl (C=O) groups is 2. The van der Waals surface area contributed by atoms with Crippen LogP contribution in [0.25, 0.3) is 0 Å². The van der Waals surface area contributed by atoms with Gasteiger partial charge in [0.2, 0.25) is 5.91 Å². The highest BCUT2D eigenvalue weighted by atomic mass is 32.2. The lowest BCUT2D eigenvalue weighted by molar-refractivity contribution is -0.119. The summed E-state index contributed by atoms with van der Waals surface area (Å²) in [4.78, 5) is 23.5. The van der Waals surface area contributed by atoms with Crippen LogP contribution in [0.2, 0.25) is 0 Å². The first-order valence-electron chi connectivity index (χ1n) is 8.36. The van der Waals surface area contributed by atoms with Crippen LogP contribution in [0.1, 0.15) is 63.5 Å². The number of rotatable bonds is 5. The van der Waals surface area contributed by atoms with Crippen LogP contribution in [0.15, 0.2) is 18.2 Å². The summed E-state index contributed by atoms with van der Waals surface area (Å²) < 4.78 is 26.5. The molecule has 1 unspecified atom stereocenters. The fourth-order valence-electron chi connectivity index (χ4n) is 2.85. The normalized spacial score (nSPS) is 17.7. The third kappa shape index (κ3) is 4.50. The highest BCUT2D eigenvalue weighted by molar-refractivity contribution is 7.90. The molecular formula is C17H25N3O4S. The zero-order valence-corrected chi connectivity index (χ0v) is 15.7. The average Bonchev–Trinajstić information content (AvgIpc) is 2.93. The summed E-state index contributed by atoms with van der Waals surface area (Å²) in [6.45, 7) is 8.03. The first kappa shape index (κ1) is 19.2. The van der Waals surface area contributed by atoms with Crippen LogP contribution in [0, 0.1) is 0 Å². The van der Waals surface area contributed by atoms with E-state index in [0.717, 1.165) is 11.1 Å². The molecule has 0 saturated carbocycles. The summed E-state index contributed by atoms with van der Waals surface area (Å²) in [6.07, 6.45) is 0.294. The fraction of sp³-hybridized carbons (Fsp3) is 0.529. The van der Waals surface area contributed by atoms with E-state index in [4.69, 9.17) is 0 Å². The number of para-hydroxylation sites is 1. The van der Waals surface area contributed by atoms with Gasteiger partial charge in [0, 0.05) is 12.1 Å². The van der Waals surface area contributed by atoms with Crippen LogP contribution in [0.4, 0.5) is 10.5 Å². The summed E-state index contributed by atoms with van der Waals surface area (Å²) in [5.41, 5.74) is 2.51. The highest BCUT2D eigenvalue weighted by Gasteiger charge is 2.33. The second-order valence-electron chi connectivity index (χ2n) is 6.82. The molecule has 0 spiro atoms. The number of nitrogens with one attached hydrogen (secondary N) is 3. The SMILES string of the molecule is CC(C)c1cccc(C(C)C)c1NC(=O)NS(=O)(=O)C1CCC(=O)N1. The van der Waals surface area contributed by atoms with Gasteiger partial charge >= 0.3 is 6.03 Å². The number of hydrogen-bond donors (Lipinski definition) is 3. The van der Waals surface area contributed by atoms with E-state index in [1.165, 1.54) is 0 Å².